The van der Waals surface area contributed by atoms with Crippen LogP contribution < -0.4 is 10.1 Å². The highest BCUT2D eigenvalue weighted by molar-refractivity contribution is 5.32. The zero-order valence-electron chi connectivity index (χ0n) is 9.86. The van der Waals surface area contributed by atoms with Gasteiger partial charge in [0.25, 0.3) is 0 Å². The Balaban J connectivity index is 2.13. The molecule has 1 aliphatic rings. The van der Waals surface area contributed by atoms with Gasteiger partial charge in [0.05, 0.1) is 18.8 Å². The van der Waals surface area contributed by atoms with Gasteiger partial charge in [0.15, 0.2) is 0 Å². The van der Waals surface area contributed by atoms with Gasteiger partial charge >= 0.3 is 0 Å². The van der Waals surface area contributed by atoms with Crippen LogP contribution in [0.4, 0.5) is 5.95 Å². The summed E-state index contributed by atoms with van der Waals surface area (Å²) in [6.07, 6.45) is 2.79. The molecule has 0 bridgehead atoms. The summed E-state index contributed by atoms with van der Waals surface area (Å²) in [5.74, 6) is 1.15. The van der Waals surface area contributed by atoms with Crippen LogP contribution in [0.5, 0.6) is 5.88 Å². The van der Waals surface area contributed by atoms with E-state index in [4.69, 9.17) is 9.47 Å². The second kappa shape index (κ2) is 4.25. The van der Waals surface area contributed by atoms with Gasteiger partial charge in [0.1, 0.15) is 0 Å². The van der Waals surface area contributed by atoms with Crippen molar-refractivity contribution in [3.63, 3.8) is 0 Å². The molecule has 5 heteroatoms. The lowest BCUT2D eigenvalue weighted by Crippen LogP contribution is -2.41. The van der Waals surface area contributed by atoms with Crippen molar-refractivity contribution in [1.82, 2.24) is 9.97 Å². The predicted octanol–water partition coefficient (Wildman–Crippen LogP) is 1.46. The monoisotopic (exact) mass is 223 g/mol. The molecule has 2 atom stereocenters. The zero-order chi connectivity index (χ0) is 11.6. The molecule has 0 aromatic carbocycles. The molecule has 1 N–H and O–H groups in total. The first-order chi connectivity index (χ1) is 7.64. The lowest BCUT2D eigenvalue weighted by molar-refractivity contribution is 0.105. The number of hydrogen-bond acceptors (Lipinski definition) is 5. The van der Waals surface area contributed by atoms with Crippen LogP contribution in [0.15, 0.2) is 12.3 Å². The number of nitrogens with zero attached hydrogens (tertiary/aromatic N) is 2. The standard InChI is InChI=1S/C11H17N3O2/c1-8-11(2,5-7-16-8)14-10-12-6-4-9(13-10)15-3/h4,6,8H,5,7H2,1-3H3,(H,12,13,14). The van der Waals surface area contributed by atoms with Gasteiger partial charge in [-0.25, -0.2) is 4.98 Å². The molecular weight excluding hydrogens is 206 g/mol. The summed E-state index contributed by atoms with van der Waals surface area (Å²) in [7, 11) is 1.59. The molecule has 5 nitrogen and oxygen atoms in total. The predicted molar refractivity (Wildman–Crippen MR) is 60.6 cm³/mol. The van der Waals surface area contributed by atoms with Gasteiger partial charge in [0, 0.05) is 18.9 Å². The second-order valence-electron chi connectivity index (χ2n) is 4.23. The summed E-state index contributed by atoms with van der Waals surface area (Å²) >= 11 is 0. The number of anilines is 1. The number of nitrogens with one attached hydrogen (secondary N) is 1. The maximum Gasteiger partial charge on any atom is 0.226 e. The fourth-order valence-electron chi connectivity index (χ4n) is 1.77. The molecule has 1 aromatic rings. The van der Waals surface area contributed by atoms with Crippen molar-refractivity contribution in [2.24, 2.45) is 0 Å². The van der Waals surface area contributed by atoms with Crippen molar-refractivity contribution >= 4 is 5.95 Å². The molecule has 2 heterocycles. The first-order valence-electron chi connectivity index (χ1n) is 5.41. The van der Waals surface area contributed by atoms with E-state index in [0.29, 0.717) is 11.8 Å². The van der Waals surface area contributed by atoms with Gasteiger partial charge in [-0.05, 0) is 20.3 Å². The molecular formula is C11H17N3O2. The van der Waals surface area contributed by atoms with Crippen molar-refractivity contribution in [3.8, 4) is 5.88 Å². The number of methoxy groups -OCH3 is 1. The van der Waals surface area contributed by atoms with E-state index in [-0.39, 0.29) is 11.6 Å². The normalized spacial score (nSPS) is 29.1. The van der Waals surface area contributed by atoms with Crippen molar-refractivity contribution in [1.29, 1.82) is 0 Å². The highest BCUT2D eigenvalue weighted by Gasteiger charge is 2.37. The van der Waals surface area contributed by atoms with E-state index in [1.807, 2.05) is 0 Å². The molecule has 0 aliphatic carbocycles. The van der Waals surface area contributed by atoms with Gasteiger partial charge in [-0.3, -0.25) is 0 Å². The minimum atomic E-state index is -0.105. The molecule has 2 unspecified atom stereocenters. The maximum atomic E-state index is 5.55. The van der Waals surface area contributed by atoms with Crippen LogP contribution in [-0.2, 0) is 4.74 Å². The molecule has 1 saturated heterocycles. The molecule has 0 saturated carbocycles. The minimum Gasteiger partial charge on any atom is -0.481 e. The topological polar surface area (TPSA) is 56.3 Å². The molecule has 1 aliphatic heterocycles. The van der Waals surface area contributed by atoms with E-state index >= 15 is 0 Å². The SMILES string of the molecule is COc1ccnc(NC2(C)CCOC2C)n1. The van der Waals surface area contributed by atoms with E-state index < -0.39 is 0 Å². The van der Waals surface area contributed by atoms with Crippen LogP contribution in [0.25, 0.3) is 0 Å². The largest absolute Gasteiger partial charge is 0.481 e. The Morgan fingerprint density at radius 2 is 2.44 bits per heavy atom. The Labute approximate surface area is 95.2 Å². The fraction of sp³-hybridized carbons (Fsp3) is 0.636. The number of ether oxygens (including phenoxy) is 2. The molecule has 0 radical (unpaired) electrons. The highest BCUT2D eigenvalue weighted by atomic mass is 16.5. The van der Waals surface area contributed by atoms with Crippen LogP contribution in [0.2, 0.25) is 0 Å². The van der Waals surface area contributed by atoms with Crippen molar-refractivity contribution < 1.29 is 9.47 Å². The third kappa shape index (κ3) is 2.09. The van der Waals surface area contributed by atoms with E-state index in [1.165, 1.54) is 0 Å². The minimum absolute atomic E-state index is 0.105. The highest BCUT2D eigenvalue weighted by Crippen LogP contribution is 2.28. The van der Waals surface area contributed by atoms with Crippen LogP contribution >= 0.6 is 0 Å². The molecule has 0 spiro atoms. The Kier molecular flexibility index (Phi) is 2.96. The van der Waals surface area contributed by atoms with Crippen LogP contribution in [-0.4, -0.2) is 35.3 Å². The second-order valence-corrected chi connectivity index (χ2v) is 4.23. The average molecular weight is 223 g/mol. The first kappa shape index (κ1) is 11.1. The van der Waals surface area contributed by atoms with Crippen molar-refractivity contribution in [2.45, 2.75) is 31.9 Å². The van der Waals surface area contributed by atoms with Gasteiger partial charge in [-0.15, -0.1) is 0 Å². The van der Waals surface area contributed by atoms with Crippen LogP contribution in [0, 0.1) is 0 Å². The lowest BCUT2D eigenvalue weighted by Gasteiger charge is -2.28. The van der Waals surface area contributed by atoms with Gasteiger partial charge in [0.2, 0.25) is 11.8 Å². The summed E-state index contributed by atoms with van der Waals surface area (Å²) in [5.41, 5.74) is -0.105. The van der Waals surface area contributed by atoms with E-state index in [0.717, 1.165) is 13.0 Å². The summed E-state index contributed by atoms with van der Waals surface area (Å²) < 4.78 is 10.6. The maximum absolute atomic E-state index is 5.55. The lowest BCUT2D eigenvalue weighted by atomic mass is 9.95. The number of aromatic nitrogens is 2. The van der Waals surface area contributed by atoms with E-state index in [9.17, 15) is 0 Å². The van der Waals surface area contributed by atoms with Gasteiger partial charge < -0.3 is 14.8 Å². The third-order valence-corrected chi connectivity index (χ3v) is 3.12. The average Bonchev–Trinajstić information content (AvgIpc) is 2.59. The quantitative estimate of drug-likeness (QED) is 0.840. The van der Waals surface area contributed by atoms with E-state index in [2.05, 4.69) is 29.1 Å². The Hall–Kier alpha value is -1.36. The first-order valence-corrected chi connectivity index (χ1v) is 5.41. The zero-order valence-corrected chi connectivity index (χ0v) is 9.86. The summed E-state index contributed by atoms with van der Waals surface area (Å²) in [6.45, 7) is 4.95. The van der Waals surface area contributed by atoms with Crippen molar-refractivity contribution in [2.75, 3.05) is 19.0 Å². The van der Waals surface area contributed by atoms with Gasteiger partial charge in [-0.2, -0.15) is 4.98 Å². The van der Waals surface area contributed by atoms with Crippen LogP contribution in [0.3, 0.4) is 0 Å². The Morgan fingerprint density at radius 3 is 3.06 bits per heavy atom. The molecule has 1 aromatic heterocycles. The third-order valence-electron chi connectivity index (χ3n) is 3.12. The fourth-order valence-corrected chi connectivity index (χ4v) is 1.77. The summed E-state index contributed by atoms with van der Waals surface area (Å²) in [5, 5.41) is 3.31. The van der Waals surface area contributed by atoms with Gasteiger partial charge in [-0.1, -0.05) is 0 Å². The Morgan fingerprint density at radius 1 is 1.62 bits per heavy atom. The summed E-state index contributed by atoms with van der Waals surface area (Å²) in [6, 6.07) is 1.72. The smallest absolute Gasteiger partial charge is 0.226 e. The number of rotatable bonds is 3. The molecule has 88 valence electrons. The molecule has 1 fully saturated rings. The molecule has 16 heavy (non-hydrogen) atoms. The van der Waals surface area contributed by atoms with Crippen molar-refractivity contribution in [3.05, 3.63) is 12.3 Å². The van der Waals surface area contributed by atoms with Crippen LogP contribution in [0.1, 0.15) is 20.3 Å². The Bertz CT molecular complexity index is 372. The molecule has 0 amide bonds. The number of hydrogen-bond donors (Lipinski definition) is 1. The van der Waals surface area contributed by atoms with E-state index in [1.54, 1.807) is 19.4 Å². The molecule has 2 rings (SSSR count). The summed E-state index contributed by atoms with van der Waals surface area (Å²) in [4.78, 5) is 8.41.